The van der Waals surface area contributed by atoms with Crippen molar-refractivity contribution in [1.29, 1.82) is 0 Å². The fraction of sp³-hybridized carbons (Fsp3) is 0.421. The molecule has 0 radical (unpaired) electrons. The van der Waals surface area contributed by atoms with Gasteiger partial charge in [0.25, 0.3) is 0 Å². The fourth-order valence-corrected chi connectivity index (χ4v) is 3.58. The van der Waals surface area contributed by atoms with Gasteiger partial charge in [0.2, 0.25) is 0 Å². The van der Waals surface area contributed by atoms with Crippen LogP contribution in [0.25, 0.3) is 11.2 Å². The summed E-state index contributed by atoms with van der Waals surface area (Å²) in [7, 11) is 2.21. The number of piperazine rings is 1. The molecule has 2 aromatic heterocycles. The van der Waals surface area contributed by atoms with E-state index in [0.29, 0.717) is 6.04 Å². The molecular weight excluding hydrogens is 312 g/mol. The number of likely N-dealkylation sites (N-methyl/N-ethyl adjacent to an activating group) is 1. The van der Waals surface area contributed by atoms with E-state index in [4.69, 9.17) is 0 Å². The summed E-state index contributed by atoms with van der Waals surface area (Å²) in [6.07, 6.45) is 4.57. The minimum atomic E-state index is 0.467. The predicted molar refractivity (Wildman–Crippen MR) is 99.8 cm³/mol. The van der Waals surface area contributed by atoms with E-state index >= 15 is 0 Å². The van der Waals surface area contributed by atoms with E-state index in [9.17, 15) is 0 Å². The lowest BCUT2D eigenvalue weighted by Crippen LogP contribution is -2.52. The molecule has 0 N–H and O–H groups in total. The van der Waals surface area contributed by atoms with Crippen LogP contribution in [0.5, 0.6) is 0 Å². The highest BCUT2D eigenvalue weighted by molar-refractivity contribution is 5.83. The highest BCUT2D eigenvalue weighted by Crippen LogP contribution is 2.24. The minimum absolute atomic E-state index is 0.467. The molecule has 6 heteroatoms. The first-order valence-electron chi connectivity index (χ1n) is 8.91. The molecule has 1 atom stereocenters. The number of aromatic nitrogens is 4. The molecule has 6 nitrogen and oxygen atoms in total. The molecule has 3 heterocycles. The lowest BCUT2D eigenvalue weighted by Gasteiger charge is -2.40. The third-order valence-corrected chi connectivity index (χ3v) is 5.11. The zero-order valence-electron chi connectivity index (χ0n) is 14.8. The molecule has 0 bridgehead atoms. The van der Waals surface area contributed by atoms with Gasteiger partial charge in [-0.2, -0.15) is 0 Å². The van der Waals surface area contributed by atoms with E-state index in [1.54, 1.807) is 6.33 Å². The molecule has 3 aromatic rings. The zero-order chi connectivity index (χ0) is 17.2. The van der Waals surface area contributed by atoms with Crippen LogP contribution in [-0.4, -0.2) is 57.1 Å². The summed E-state index contributed by atoms with van der Waals surface area (Å²) >= 11 is 0. The van der Waals surface area contributed by atoms with Gasteiger partial charge in [-0.1, -0.05) is 30.3 Å². The zero-order valence-corrected chi connectivity index (χ0v) is 14.8. The summed E-state index contributed by atoms with van der Waals surface area (Å²) in [6, 6.07) is 11.2. The Balaban J connectivity index is 1.60. The number of hydrogen-bond donors (Lipinski definition) is 0. The van der Waals surface area contributed by atoms with Crippen molar-refractivity contribution in [3.63, 3.8) is 0 Å². The molecule has 0 aliphatic carbocycles. The van der Waals surface area contributed by atoms with Gasteiger partial charge in [-0.3, -0.25) is 4.90 Å². The van der Waals surface area contributed by atoms with E-state index in [0.717, 1.165) is 49.6 Å². The van der Waals surface area contributed by atoms with Gasteiger partial charge in [0.15, 0.2) is 17.0 Å². The smallest absolute Gasteiger partial charge is 0.165 e. The van der Waals surface area contributed by atoms with Crippen LogP contribution in [0.2, 0.25) is 0 Å². The van der Waals surface area contributed by atoms with Gasteiger partial charge in [0.05, 0.1) is 6.33 Å². The van der Waals surface area contributed by atoms with Crippen molar-refractivity contribution in [2.75, 3.05) is 31.6 Å². The average molecular weight is 336 g/mol. The van der Waals surface area contributed by atoms with Crippen molar-refractivity contribution in [2.24, 2.45) is 0 Å². The number of benzene rings is 1. The van der Waals surface area contributed by atoms with Crippen LogP contribution in [0, 0.1) is 0 Å². The standard InChI is InChI=1S/C19H24N6/c1-3-24-14-22-17-18(24)20-13-21-19(17)25-10-9-23(2)16(12-25)11-15-7-5-4-6-8-15/h4-8,13-14,16H,3,9-12H2,1-2H3. The highest BCUT2D eigenvalue weighted by Gasteiger charge is 2.27. The third kappa shape index (κ3) is 3.09. The number of rotatable bonds is 4. The summed E-state index contributed by atoms with van der Waals surface area (Å²) < 4.78 is 2.07. The van der Waals surface area contributed by atoms with Gasteiger partial charge < -0.3 is 9.47 Å². The highest BCUT2D eigenvalue weighted by atomic mass is 15.3. The molecule has 1 fully saturated rings. The maximum atomic E-state index is 4.58. The second-order valence-electron chi connectivity index (χ2n) is 6.67. The predicted octanol–water partition coefficient (Wildman–Crippen LogP) is 2.21. The minimum Gasteiger partial charge on any atom is -0.352 e. The van der Waals surface area contributed by atoms with Gasteiger partial charge in [-0.25, -0.2) is 15.0 Å². The molecule has 0 amide bonds. The Morgan fingerprint density at radius 2 is 1.92 bits per heavy atom. The quantitative estimate of drug-likeness (QED) is 0.731. The van der Waals surface area contributed by atoms with E-state index in [1.807, 2.05) is 6.33 Å². The first kappa shape index (κ1) is 16.0. The van der Waals surface area contributed by atoms with Crippen LogP contribution < -0.4 is 4.90 Å². The van der Waals surface area contributed by atoms with Gasteiger partial charge in [-0.05, 0) is 26.0 Å². The van der Waals surface area contributed by atoms with Crippen LogP contribution in [0.1, 0.15) is 12.5 Å². The Hall–Kier alpha value is -2.47. The molecule has 25 heavy (non-hydrogen) atoms. The topological polar surface area (TPSA) is 50.1 Å². The van der Waals surface area contributed by atoms with Crippen molar-refractivity contribution in [3.05, 3.63) is 48.5 Å². The maximum absolute atomic E-state index is 4.58. The van der Waals surface area contributed by atoms with Crippen LogP contribution in [-0.2, 0) is 13.0 Å². The van der Waals surface area contributed by atoms with E-state index in [2.05, 4.69) is 73.6 Å². The van der Waals surface area contributed by atoms with E-state index < -0.39 is 0 Å². The molecule has 1 aliphatic heterocycles. The lowest BCUT2D eigenvalue weighted by atomic mass is 10.0. The SMILES string of the molecule is CCn1cnc2c(N3CCN(C)C(Cc4ccccc4)C3)ncnc21. The molecule has 130 valence electrons. The first-order valence-corrected chi connectivity index (χ1v) is 8.91. The summed E-state index contributed by atoms with van der Waals surface area (Å²) in [5, 5.41) is 0. The fourth-order valence-electron chi connectivity index (χ4n) is 3.58. The number of fused-ring (bicyclic) bond motifs is 1. The molecule has 4 rings (SSSR count). The Labute approximate surface area is 148 Å². The van der Waals surface area contributed by atoms with Crippen LogP contribution in [0.15, 0.2) is 43.0 Å². The first-order chi connectivity index (χ1) is 12.3. The molecule has 1 unspecified atom stereocenters. The lowest BCUT2D eigenvalue weighted by molar-refractivity contribution is 0.217. The van der Waals surface area contributed by atoms with Crippen LogP contribution >= 0.6 is 0 Å². The van der Waals surface area contributed by atoms with Crippen LogP contribution in [0.4, 0.5) is 5.82 Å². The number of aryl methyl sites for hydroxylation is 1. The second-order valence-corrected chi connectivity index (χ2v) is 6.67. The van der Waals surface area contributed by atoms with E-state index in [-0.39, 0.29) is 0 Å². The van der Waals surface area contributed by atoms with Gasteiger partial charge in [-0.15, -0.1) is 0 Å². The van der Waals surface area contributed by atoms with Gasteiger partial charge in [0, 0.05) is 32.2 Å². The average Bonchev–Trinajstić information content (AvgIpc) is 3.08. The van der Waals surface area contributed by atoms with Crippen molar-refractivity contribution in [2.45, 2.75) is 25.9 Å². The monoisotopic (exact) mass is 336 g/mol. The molecule has 1 saturated heterocycles. The van der Waals surface area contributed by atoms with Crippen molar-refractivity contribution < 1.29 is 0 Å². The van der Waals surface area contributed by atoms with Gasteiger partial charge >= 0.3 is 0 Å². The molecule has 0 spiro atoms. The molecule has 0 saturated carbocycles. The molecule has 1 aliphatic rings. The van der Waals surface area contributed by atoms with Crippen molar-refractivity contribution in [3.8, 4) is 0 Å². The Bertz CT molecular complexity index is 844. The third-order valence-electron chi connectivity index (χ3n) is 5.11. The summed E-state index contributed by atoms with van der Waals surface area (Å²) in [5.41, 5.74) is 3.21. The van der Waals surface area contributed by atoms with Crippen molar-refractivity contribution in [1.82, 2.24) is 24.4 Å². The molecular formula is C19H24N6. The summed E-state index contributed by atoms with van der Waals surface area (Å²) in [4.78, 5) is 18.4. The Morgan fingerprint density at radius 3 is 2.72 bits per heavy atom. The largest absolute Gasteiger partial charge is 0.352 e. The normalized spacial score (nSPS) is 18.8. The Kier molecular flexibility index (Phi) is 4.36. The second kappa shape index (κ2) is 6.80. The number of hydrogen-bond acceptors (Lipinski definition) is 5. The van der Waals surface area contributed by atoms with Gasteiger partial charge in [0.1, 0.15) is 6.33 Å². The summed E-state index contributed by atoms with van der Waals surface area (Å²) in [5.74, 6) is 0.961. The van der Waals surface area contributed by atoms with Crippen molar-refractivity contribution >= 4 is 17.0 Å². The maximum Gasteiger partial charge on any atom is 0.165 e. The van der Waals surface area contributed by atoms with E-state index in [1.165, 1.54) is 5.56 Å². The van der Waals surface area contributed by atoms with Crippen LogP contribution in [0.3, 0.4) is 0 Å². The Morgan fingerprint density at radius 1 is 1.08 bits per heavy atom. The molecule has 1 aromatic carbocycles. The number of imidazole rings is 1. The number of anilines is 1. The summed E-state index contributed by atoms with van der Waals surface area (Å²) in [6.45, 7) is 5.92. The number of nitrogens with zero attached hydrogens (tertiary/aromatic N) is 6.